The normalized spacial score (nSPS) is 24.4. The number of amides is 2. The number of nitrogens with two attached hydrogens (primary N) is 3. The van der Waals surface area contributed by atoms with E-state index in [1.165, 1.54) is 16.4 Å². The van der Waals surface area contributed by atoms with E-state index in [2.05, 4.69) is 20.4 Å². The number of guanidine groups is 1. The molecule has 1 aromatic rings. The van der Waals surface area contributed by atoms with Gasteiger partial charge in [0.25, 0.3) is 11.8 Å². The highest BCUT2D eigenvalue weighted by Crippen LogP contribution is 2.47. The van der Waals surface area contributed by atoms with Gasteiger partial charge >= 0.3 is 11.9 Å². The lowest BCUT2D eigenvalue weighted by Gasteiger charge is -2.55. The van der Waals surface area contributed by atoms with Crippen molar-refractivity contribution in [3.8, 4) is 0 Å². The number of carboxylic acid groups (broad SMARTS) is 2. The number of hydrogen-bond donors (Lipinski definition) is 6. The van der Waals surface area contributed by atoms with Gasteiger partial charge in [-0.15, -0.1) is 23.1 Å². The number of anilines is 1. The summed E-state index contributed by atoms with van der Waals surface area (Å²) in [5, 5.41) is 26.8. The van der Waals surface area contributed by atoms with Crippen molar-refractivity contribution in [2.75, 3.05) is 25.1 Å². The number of thiazole rings is 1. The van der Waals surface area contributed by atoms with Crippen LogP contribution in [0.4, 0.5) is 5.13 Å². The monoisotopic (exact) mass is 609 g/mol. The molecule has 3 aliphatic rings. The number of nitrogens with one attached hydrogen (secondary N) is 1. The van der Waals surface area contributed by atoms with Gasteiger partial charge in [0.05, 0.1) is 12.1 Å². The number of nitrogens with zero attached hydrogens (tertiary/aromatic N) is 5. The van der Waals surface area contributed by atoms with Gasteiger partial charge in [0.15, 0.2) is 22.3 Å². The first-order chi connectivity index (χ1) is 18.9. The fourth-order valence-corrected chi connectivity index (χ4v) is 6.33. The molecule has 16 nitrogen and oxygen atoms in total. The number of allylic oxidation sites excluding steroid dienone is 1. The second kappa shape index (κ2) is 11.2. The number of β-lactam (4-membered cyclic amide) rings is 1. The van der Waals surface area contributed by atoms with E-state index in [1.54, 1.807) is 7.05 Å². The maximum Gasteiger partial charge on any atom is 0.353 e. The van der Waals surface area contributed by atoms with E-state index < -0.39 is 40.8 Å². The van der Waals surface area contributed by atoms with Gasteiger partial charge in [-0.05, 0) is 6.08 Å². The molecule has 3 aliphatic heterocycles. The molecule has 4 rings (SSSR count). The van der Waals surface area contributed by atoms with E-state index >= 15 is 0 Å². The van der Waals surface area contributed by atoms with Gasteiger partial charge in [0.2, 0.25) is 0 Å². The molecule has 2 amide bonds. The second-order valence-corrected chi connectivity index (χ2v) is 10.7. The summed E-state index contributed by atoms with van der Waals surface area (Å²) in [5.74, 6) is -4.11. The molecule has 0 bridgehead atoms. The van der Waals surface area contributed by atoms with Crippen LogP contribution >= 0.6 is 35.3 Å². The fraction of sp³-hybridized carbons (Fsp3) is 0.333. The zero-order chi connectivity index (χ0) is 29.4. The first-order valence-electron chi connectivity index (χ1n) is 11.3. The van der Waals surface area contributed by atoms with Gasteiger partial charge in [-0.2, -0.15) is 0 Å². The highest BCUT2D eigenvalue weighted by atomic mass is 32.2. The zero-order valence-electron chi connectivity index (χ0n) is 20.6. The number of thioether (sulfide) groups is 1. The van der Waals surface area contributed by atoms with E-state index in [-0.39, 0.29) is 58.2 Å². The molecule has 0 aliphatic carbocycles. The molecule has 0 radical (unpaired) electrons. The summed E-state index contributed by atoms with van der Waals surface area (Å²) in [7, 11) is 1.62. The van der Waals surface area contributed by atoms with E-state index in [1.807, 2.05) is 0 Å². The number of carbonyl (C=O) groups is 4. The Kier molecular flexibility index (Phi) is 8.10. The predicted octanol–water partition coefficient (Wildman–Crippen LogP) is -1.54. The average Bonchev–Trinajstić information content (AvgIpc) is 3.34. The van der Waals surface area contributed by atoms with Crippen molar-refractivity contribution in [1.82, 2.24) is 20.1 Å². The molecular formula is C21H23N9O7S3. The Balaban J connectivity index is 1.64. The number of carbonyl (C=O) groups excluding carboxylic acids is 2. The van der Waals surface area contributed by atoms with Crippen LogP contribution in [0.1, 0.15) is 12.1 Å². The van der Waals surface area contributed by atoms with Crippen molar-refractivity contribution in [2.24, 2.45) is 21.6 Å². The number of oxime groups is 1. The van der Waals surface area contributed by atoms with Crippen LogP contribution in [0.2, 0.25) is 0 Å². The fourth-order valence-electron chi connectivity index (χ4n) is 3.96. The first-order valence-corrected chi connectivity index (χ1v) is 13.7. The maximum absolute atomic E-state index is 13.5. The first kappa shape index (κ1) is 28.9. The Bertz CT molecular complexity index is 1420. The minimum Gasteiger partial charge on any atom is -0.481 e. The number of thiocarbonyl (C=S) groups is 1. The average molecular weight is 610 g/mol. The number of fused-ring (bicyclic) bond motifs is 1. The van der Waals surface area contributed by atoms with E-state index in [0.29, 0.717) is 0 Å². The Morgan fingerprint density at radius 1 is 1.38 bits per heavy atom. The summed E-state index contributed by atoms with van der Waals surface area (Å²) in [6.07, 6.45) is 0.480. The molecule has 4 heterocycles. The largest absolute Gasteiger partial charge is 0.481 e. The molecule has 0 aromatic carbocycles. The molecule has 0 unspecified atom stereocenters. The number of carboxylic acids is 2. The number of aliphatic imine (C=N–C) groups is 1. The van der Waals surface area contributed by atoms with Crippen molar-refractivity contribution in [2.45, 2.75) is 23.5 Å². The molecule has 0 spiro atoms. The van der Waals surface area contributed by atoms with Crippen LogP contribution in [0.5, 0.6) is 0 Å². The standard InChI is InChI=1S/C21H23N9O7S3/c1-29-11(22)4-9(25-19(29)23)8-5-39-18-21(7-38,17(36)30(18)14(8)16(34)35)27-15(33)13(10-6-40-20(24)26-10)28-37-3-2-12(31)32/h4,6-7,11,18H,2-3,5,22H2,1H3,(H2,23,25)(H2,24,26)(H,27,33)(H,31,32)(H,34,35)/b28-13-/t11-,18-,21+/m1/s1. The van der Waals surface area contributed by atoms with E-state index in [9.17, 15) is 24.3 Å². The van der Waals surface area contributed by atoms with Crippen molar-refractivity contribution >= 4 is 81.2 Å². The molecule has 1 fully saturated rings. The van der Waals surface area contributed by atoms with Crippen LogP contribution in [-0.2, 0) is 24.0 Å². The molecule has 40 heavy (non-hydrogen) atoms. The van der Waals surface area contributed by atoms with Gasteiger partial charge in [0, 0.05) is 29.1 Å². The van der Waals surface area contributed by atoms with Crippen LogP contribution in [0, 0.1) is 0 Å². The minimum absolute atomic E-state index is 0.0177. The number of nitrogen functional groups attached to an aromatic ring is 1. The lowest BCUT2D eigenvalue weighted by atomic mass is 9.87. The minimum atomic E-state index is -1.79. The van der Waals surface area contributed by atoms with Crippen molar-refractivity contribution < 1.29 is 34.2 Å². The molecule has 9 N–H and O–H groups in total. The zero-order valence-corrected chi connectivity index (χ0v) is 23.1. The highest BCUT2D eigenvalue weighted by Gasteiger charge is 2.65. The van der Waals surface area contributed by atoms with Crippen LogP contribution in [0.15, 0.2) is 38.6 Å². The van der Waals surface area contributed by atoms with Gasteiger partial charge in [-0.3, -0.25) is 19.3 Å². The molecule has 19 heteroatoms. The lowest BCUT2D eigenvalue weighted by molar-refractivity contribution is -0.153. The van der Waals surface area contributed by atoms with Crippen LogP contribution in [0.3, 0.4) is 0 Å². The van der Waals surface area contributed by atoms with Gasteiger partial charge < -0.3 is 42.5 Å². The Labute approximate surface area is 239 Å². The van der Waals surface area contributed by atoms with Crippen LogP contribution in [0.25, 0.3) is 0 Å². The third-order valence-electron chi connectivity index (χ3n) is 6.04. The van der Waals surface area contributed by atoms with Gasteiger partial charge in [-0.1, -0.05) is 17.4 Å². The summed E-state index contributed by atoms with van der Waals surface area (Å²) in [5.41, 5.74) is 15.6. The van der Waals surface area contributed by atoms with E-state index in [0.717, 1.165) is 33.4 Å². The summed E-state index contributed by atoms with van der Waals surface area (Å²) in [6.45, 7) is -0.340. The molecule has 212 valence electrons. The number of aliphatic carboxylic acids is 2. The topological polar surface area (TPSA) is 252 Å². The third kappa shape index (κ3) is 5.10. The number of rotatable bonds is 10. The molecule has 3 atom stereocenters. The summed E-state index contributed by atoms with van der Waals surface area (Å²) >= 11 is 7.30. The second-order valence-electron chi connectivity index (χ2n) is 8.52. The van der Waals surface area contributed by atoms with Crippen molar-refractivity contribution in [3.05, 3.63) is 34.1 Å². The van der Waals surface area contributed by atoms with Crippen LogP contribution in [-0.4, -0.2) is 102 Å². The molecule has 1 aromatic heterocycles. The number of hydrogen-bond acceptors (Lipinski definition) is 15. The van der Waals surface area contributed by atoms with Crippen molar-refractivity contribution in [3.63, 3.8) is 0 Å². The van der Waals surface area contributed by atoms with Crippen molar-refractivity contribution in [1.29, 1.82) is 0 Å². The van der Waals surface area contributed by atoms with E-state index in [4.69, 9.17) is 39.4 Å². The summed E-state index contributed by atoms with van der Waals surface area (Å²) in [6, 6.07) is 0. The maximum atomic E-state index is 13.5. The molecule has 0 saturated carbocycles. The SMILES string of the molecule is CN1C(N)=NC(C2=C(C(=O)O)N3C(=O)[C@](C=S)(NC(=O)/C(=N\OCCC(=O)O)c4csc(N)n4)[C@H]3SC2)=C[C@@H]1N. The molecular weight excluding hydrogens is 586 g/mol. The molecule has 1 saturated heterocycles. The summed E-state index contributed by atoms with van der Waals surface area (Å²) < 4.78 is 0. The number of likely N-dealkylation sites (N-methyl/N-ethyl adjacent to an activating group) is 1. The third-order valence-corrected chi connectivity index (χ3v) is 8.44. The Morgan fingerprint density at radius 2 is 2.10 bits per heavy atom. The van der Waals surface area contributed by atoms with Crippen LogP contribution < -0.4 is 22.5 Å². The quantitative estimate of drug-likeness (QED) is 0.0578. The Hall–Kier alpha value is -4.07. The van der Waals surface area contributed by atoms with Gasteiger partial charge in [0.1, 0.15) is 29.5 Å². The smallest absolute Gasteiger partial charge is 0.353 e. The lowest BCUT2D eigenvalue weighted by Crippen LogP contribution is -2.81. The summed E-state index contributed by atoms with van der Waals surface area (Å²) in [4.78, 5) is 65.7. The van der Waals surface area contributed by atoms with Gasteiger partial charge in [-0.25, -0.2) is 14.8 Å². The Morgan fingerprint density at radius 3 is 2.67 bits per heavy atom. The highest BCUT2D eigenvalue weighted by molar-refractivity contribution is 8.00. The number of aromatic nitrogens is 1. The predicted molar refractivity (Wildman–Crippen MR) is 149 cm³/mol.